The first-order valence-electron chi connectivity index (χ1n) is 5.58. The van der Waals surface area contributed by atoms with Crippen LogP contribution >= 0.6 is 23.2 Å². The second kappa shape index (κ2) is 4.81. The molecule has 0 aromatic heterocycles. The summed E-state index contributed by atoms with van der Waals surface area (Å²) in [6.07, 6.45) is 5.26. The van der Waals surface area contributed by atoms with Gasteiger partial charge in [0.05, 0.1) is 17.3 Å². The topological polar surface area (TPSA) is 48.2 Å². The van der Waals surface area contributed by atoms with Crippen LogP contribution in [0.25, 0.3) is 5.70 Å². The van der Waals surface area contributed by atoms with Crippen molar-refractivity contribution in [1.82, 2.24) is 5.06 Å². The van der Waals surface area contributed by atoms with Crippen molar-refractivity contribution >= 4 is 46.6 Å². The average molecular weight is 294 g/mol. The van der Waals surface area contributed by atoms with E-state index in [0.29, 0.717) is 27.9 Å². The second-order valence-electron chi connectivity index (χ2n) is 4.01. The number of halogens is 2. The maximum atomic E-state index is 10.2. The quantitative estimate of drug-likeness (QED) is 0.804. The van der Waals surface area contributed by atoms with Crippen LogP contribution in [0.4, 0.5) is 5.69 Å². The van der Waals surface area contributed by atoms with Gasteiger partial charge in [0.25, 0.3) is 0 Å². The van der Waals surface area contributed by atoms with Gasteiger partial charge >= 0.3 is 0 Å². The minimum atomic E-state index is 0.1000. The van der Waals surface area contributed by atoms with Crippen molar-refractivity contribution in [3.05, 3.63) is 46.6 Å². The van der Waals surface area contributed by atoms with E-state index >= 15 is 0 Å². The van der Waals surface area contributed by atoms with Crippen LogP contribution < -0.4 is 0 Å². The molecule has 96 valence electrons. The lowest BCUT2D eigenvalue weighted by Crippen LogP contribution is -2.30. The largest absolute Gasteiger partial charge is 0.282 e. The first-order chi connectivity index (χ1) is 9.20. The molecule has 0 aliphatic carbocycles. The Morgan fingerprint density at radius 2 is 2.16 bits per heavy atom. The molecule has 1 N–H and O–H groups in total. The molecule has 2 aliphatic heterocycles. The minimum absolute atomic E-state index is 0.1000. The predicted octanol–water partition coefficient (Wildman–Crippen LogP) is 3.62. The fourth-order valence-corrected chi connectivity index (χ4v) is 2.34. The summed E-state index contributed by atoms with van der Waals surface area (Å²) < 4.78 is 0. The monoisotopic (exact) mass is 293 g/mol. The molecule has 3 rings (SSSR count). The van der Waals surface area contributed by atoms with Crippen molar-refractivity contribution in [3.8, 4) is 0 Å². The van der Waals surface area contributed by atoms with Gasteiger partial charge in [0.1, 0.15) is 11.5 Å². The second-order valence-corrected chi connectivity index (χ2v) is 4.71. The van der Waals surface area contributed by atoms with Crippen molar-refractivity contribution in [2.24, 2.45) is 9.98 Å². The van der Waals surface area contributed by atoms with Gasteiger partial charge < -0.3 is 0 Å². The lowest BCUT2D eigenvalue weighted by molar-refractivity contribution is 0.0488. The maximum absolute atomic E-state index is 10.2. The highest BCUT2D eigenvalue weighted by Gasteiger charge is 2.26. The zero-order chi connectivity index (χ0) is 13.4. The molecular weight excluding hydrogens is 285 g/mol. The highest BCUT2D eigenvalue weighted by atomic mass is 35.5. The summed E-state index contributed by atoms with van der Waals surface area (Å²) in [6.45, 7) is 0. The van der Waals surface area contributed by atoms with Crippen molar-refractivity contribution < 1.29 is 5.21 Å². The van der Waals surface area contributed by atoms with Gasteiger partial charge in [-0.2, -0.15) is 0 Å². The summed E-state index contributed by atoms with van der Waals surface area (Å²) in [6, 6.07) is 5.29. The summed E-state index contributed by atoms with van der Waals surface area (Å²) >= 11 is 11.8. The summed E-state index contributed by atoms with van der Waals surface area (Å²) in [5, 5.41) is 11.8. The number of nitrogens with zero attached hydrogens (tertiary/aromatic N) is 3. The molecular formula is C13H9Cl2N3O. The summed E-state index contributed by atoms with van der Waals surface area (Å²) in [5.74, 6) is 0.456. The van der Waals surface area contributed by atoms with Gasteiger partial charge in [-0.1, -0.05) is 11.6 Å². The first-order valence-corrected chi connectivity index (χ1v) is 6.49. The Labute approximate surface area is 120 Å². The smallest absolute Gasteiger partial charge is 0.150 e. The van der Waals surface area contributed by atoms with E-state index in [1.165, 1.54) is 0 Å². The SMILES string of the molecule is ON1C(CCl)=Nc2ccc(Cl)cc2C1=C1C=CC=N1. The molecule has 19 heavy (non-hydrogen) atoms. The first kappa shape index (κ1) is 12.4. The van der Waals surface area contributed by atoms with Gasteiger partial charge in [-0.05, 0) is 30.4 Å². The third-order valence-corrected chi connectivity index (χ3v) is 3.31. The van der Waals surface area contributed by atoms with E-state index in [1.54, 1.807) is 36.6 Å². The predicted molar refractivity (Wildman–Crippen MR) is 77.4 cm³/mol. The Morgan fingerprint density at radius 1 is 1.32 bits per heavy atom. The maximum Gasteiger partial charge on any atom is 0.150 e. The Morgan fingerprint density at radius 3 is 2.84 bits per heavy atom. The van der Waals surface area contributed by atoms with Crippen LogP contribution in [0, 0.1) is 0 Å². The van der Waals surface area contributed by atoms with Crippen LogP contribution in [0.15, 0.2) is 46.0 Å². The van der Waals surface area contributed by atoms with E-state index in [0.717, 1.165) is 10.6 Å². The zero-order valence-corrected chi connectivity index (χ0v) is 11.2. The van der Waals surface area contributed by atoms with Crippen LogP contribution in [-0.2, 0) is 0 Å². The molecule has 0 unspecified atom stereocenters. The average Bonchev–Trinajstić information content (AvgIpc) is 2.91. The number of hydrogen-bond acceptors (Lipinski definition) is 4. The number of rotatable bonds is 1. The molecule has 0 saturated heterocycles. The van der Waals surface area contributed by atoms with Gasteiger partial charge in [0, 0.05) is 16.8 Å². The third-order valence-electron chi connectivity index (χ3n) is 2.84. The Bertz CT molecular complexity index is 648. The summed E-state index contributed by atoms with van der Waals surface area (Å²) in [5.41, 5.74) is 2.61. The molecule has 0 radical (unpaired) electrons. The normalized spacial score (nSPS) is 20.8. The van der Waals surface area contributed by atoms with E-state index in [-0.39, 0.29) is 5.88 Å². The molecule has 0 fully saturated rings. The van der Waals surface area contributed by atoms with Crippen molar-refractivity contribution in [2.45, 2.75) is 0 Å². The highest BCUT2D eigenvalue weighted by Crippen LogP contribution is 2.38. The van der Waals surface area contributed by atoms with E-state index in [4.69, 9.17) is 23.2 Å². The van der Waals surface area contributed by atoms with Crippen molar-refractivity contribution in [2.75, 3.05) is 5.88 Å². The Balaban J connectivity index is 2.28. The number of benzene rings is 1. The summed E-state index contributed by atoms with van der Waals surface area (Å²) in [7, 11) is 0. The lowest BCUT2D eigenvalue weighted by Gasteiger charge is -2.27. The van der Waals surface area contributed by atoms with E-state index < -0.39 is 0 Å². The molecule has 2 aliphatic rings. The van der Waals surface area contributed by atoms with Crippen LogP contribution in [0.2, 0.25) is 5.02 Å². The number of aliphatic imine (C=N–C) groups is 2. The Hall–Kier alpha value is -1.62. The van der Waals surface area contributed by atoms with Crippen LogP contribution in [-0.4, -0.2) is 28.2 Å². The molecule has 1 aromatic rings. The number of allylic oxidation sites excluding steroid dienone is 2. The standard InChI is InChI=1S/C13H9Cl2N3O/c14-7-12-17-10-4-3-8(15)6-9(10)13(18(12)19)11-2-1-5-16-11/h1-6,19H,7H2. The number of amidine groups is 1. The third kappa shape index (κ3) is 2.08. The van der Waals surface area contributed by atoms with E-state index in [1.807, 2.05) is 0 Å². The molecule has 0 saturated carbocycles. The van der Waals surface area contributed by atoms with E-state index in [9.17, 15) is 5.21 Å². The molecule has 1 aromatic carbocycles. The van der Waals surface area contributed by atoms with Gasteiger partial charge in [0.15, 0.2) is 0 Å². The highest BCUT2D eigenvalue weighted by molar-refractivity contribution is 6.31. The van der Waals surface area contributed by atoms with Gasteiger partial charge in [0.2, 0.25) is 0 Å². The lowest BCUT2D eigenvalue weighted by atomic mass is 10.1. The molecule has 0 bridgehead atoms. The molecule has 0 spiro atoms. The van der Waals surface area contributed by atoms with Crippen LogP contribution in [0.5, 0.6) is 0 Å². The van der Waals surface area contributed by atoms with Crippen molar-refractivity contribution in [1.29, 1.82) is 0 Å². The number of fused-ring (bicyclic) bond motifs is 1. The molecule has 0 amide bonds. The Kier molecular flexibility index (Phi) is 3.14. The fraction of sp³-hybridized carbons (Fsp3) is 0.0769. The fourth-order valence-electron chi connectivity index (χ4n) is 2.00. The number of hydrogen-bond donors (Lipinski definition) is 1. The number of hydroxylamine groups is 2. The number of alkyl halides is 1. The van der Waals surface area contributed by atoms with Gasteiger partial charge in [-0.3, -0.25) is 10.2 Å². The van der Waals surface area contributed by atoms with E-state index in [2.05, 4.69) is 9.98 Å². The molecule has 0 atom stereocenters. The van der Waals surface area contributed by atoms with Crippen LogP contribution in [0.3, 0.4) is 0 Å². The minimum Gasteiger partial charge on any atom is -0.282 e. The molecule has 4 nitrogen and oxygen atoms in total. The summed E-state index contributed by atoms with van der Waals surface area (Å²) in [4.78, 5) is 8.51. The van der Waals surface area contributed by atoms with Gasteiger partial charge in [-0.25, -0.2) is 10.1 Å². The van der Waals surface area contributed by atoms with Crippen molar-refractivity contribution in [3.63, 3.8) is 0 Å². The zero-order valence-electron chi connectivity index (χ0n) is 9.72. The van der Waals surface area contributed by atoms with Crippen LogP contribution in [0.1, 0.15) is 5.56 Å². The molecule has 6 heteroatoms. The van der Waals surface area contributed by atoms with Gasteiger partial charge in [-0.15, -0.1) is 11.6 Å². The molecule has 2 heterocycles.